The van der Waals surface area contributed by atoms with Crippen molar-refractivity contribution in [3.8, 4) is 11.4 Å². The van der Waals surface area contributed by atoms with Gasteiger partial charge in [-0.2, -0.15) is 5.10 Å². The molecule has 4 rings (SSSR count). The van der Waals surface area contributed by atoms with Crippen LogP contribution in [0.5, 0.6) is 5.75 Å². The van der Waals surface area contributed by atoms with Crippen LogP contribution in [0, 0.1) is 0 Å². The van der Waals surface area contributed by atoms with Crippen molar-refractivity contribution in [3.63, 3.8) is 0 Å². The van der Waals surface area contributed by atoms with E-state index in [9.17, 15) is 0 Å². The molecule has 4 aromatic rings. The number of hydrogen-bond donors (Lipinski definition) is 1. The van der Waals surface area contributed by atoms with Gasteiger partial charge in [-0.05, 0) is 29.8 Å². The number of aryl methyl sites for hydroxylation is 1. The molecule has 142 valence electrons. The summed E-state index contributed by atoms with van der Waals surface area (Å²) in [6, 6.07) is 18.3. The highest BCUT2D eigenvalue weighted by Crippen LogP contribution is 2.29. The van der Waals surface area contributed by atoms with Crippen molar-refractivity contribution in [2.75, 3.05) is 7.11 Å². The Morgan fingerprint density at radius 1 is 1.00 bits per heavy atom. The Labute approximate surface area is 164 Å². The van der Waals surface area contributed by atoms with Crippen LogP contribution in [0.3, 0.4) is 0 Å². The average Bonchev–Trinajstić information content (AvgIpc) is 3.41. The van der Waals surface area contributed by atoms with Crippen molar-refractivity contribution < 1.29 is 4.74 Å². The second kappa shape index (κ2) is 8.10. The summed E-state index contributed by atoms with van der Waals surface area (Å²) in [5.41, 5.74) is 3.29. The predicted molar refractivity (Wildman–Crippen MR) is 108 cm³/mol. The smallest absolute Gasteiger partial charge is 0.130 e. The third-order valence-corrected chi connectivity index (χ3v) is 4.78. The number of hydrogen-bond acceptors (Lipinski definition) is 4. The Kier molecular flexibility index (Phi) is 5.21. The highest BCUT2D eigenvalue weighted by Gasteiger charge is 2.21. The third kappa shape index (κ3) is 3.68. The van der Waals surface area contributed by atoms with Gasteiger partial charge in [0.05, 0.1) is 18.8 Å². The Morgan fingerprint density at radius 3 is 2.50 bits per heavy atom. The van der Waals surface area contributed by atoms with Gasteiger partial charge in [-0.15, -0.1) is 0 Å². The molecule has 6 heteroatoms. The molecular weight excluding hydrogens is 350 g/mol. The Hall–Kier alpha value is -3.38. The Balaban J connectivity index is 1.57. The molecule has 2 aromatic heterocycles. The lowest BCUT2D eigenvalue weighted by atomic mass is 10.0. The van der Waals surface area contributed by atoms with E-state index in [4.69, 9.17) is 4.74 Å². The van der Waals surface area contributed by atoms with Crippen LogP contribution in [0.25, 0.3) is 5.69 Å². The number of aromatic nitrogens is 4. The molecule has 28 heavy (non-hydrogen) atoms. The average molecular weight is 373 g/mol. The molecule has 0 radical (unpaired) electrons. The minimum Gasteiger partial charge on any atom is -0.496 e. The van der Waals surface area contributed by atoms with E-state index in [0.717, 1.165) is 22.8 Å². The fraction of sp³-hybridized carbons (Fsp3) is 0.182. The minimum absolute atomic E-state index is 0.0815. The molecule has 0 fully saturated rings. The van der Waals surface area contributed by atoms with Crippen LogP contribution in [0.15, 0.2) is 79.4 Å². The fourth-order valence-corrected chi connectivity index (χ4v) is 3.31. The Bertz CT molecular complexity index is 1020. The predicted octanol–water partition coefficient (Wildman–Crippen LogP) is 3.49. The molecule has 0 bridgehead atoms. The number of nitrogens with zero attached hydrogens (tertiary/aromatic N) is 4. The van der Waals surface area contributed by atoms with Gasteiger partial charge in [-0.3, -0.25) is 5.32 Å². The van der Waals surface area contributed by atoms with Crippen LogP contribution in [0.1, 0.15) is 23.0 Å². The monoisotopic (exact) mass is 373 g/mol. The number of nitrogens with one attached hydrogen (secondary N) is 1. The molecule has 0 aliphatic heterocycles. The van der Waals surface area contributed by atoms with Gasteiger partial charge in [-0.1, -0.05) is 30.3 Å². The molecule has 1 atom stereocenters. The highest BCUT2D eigenvalue weighted by atomic mass is 16.5. The normalized spacial score (nSPS) is 12.1. The molecule has 0 amide bonds. The molecule has 1 unspecified atom stereocenters. The third-order valence-electron chi connectivity index (χ3n) is 4.78. The van der Waals surface area contributed by atoms with E-state index >= 15 is 0 Å². The zero-order valence-electron chi connectivity index (χ0n) is 16.0. The molecule has 0 saturated carbocycles. The lowest BCUT2D eigenvalue weighted by molar-refractivity contribution is 0.401. The van der Waals surface area contributed by atoms with Crippen LogP contribution in [-0.2, 0) is 13.6 Å². The number of para-hydroxylation sites is 1. The molecule has 2 aromatic carbocycles. The van der Waals surface area contributed by atoms with Crippen molar-refractivity contribution in [1.82, 2.24) is 24.6 Å². The summed E-state index contributed by atoms with van der Waals surface area (Å²) in [6.45, 7) is 0.703. The van der Waals surface area contributed by atoms with Gasteiger partial charge in [0.1, 0.15) is 11.6 Å². The first-order valence-corrected chi connectivity index (χ1v) is 9.19. The molecule has 0 saturated heterocycles. The van der Waals surface area contributed by atoms with Crippen molar-refractivity contribution in [3.05, 3.63) is 96.3 Å². The number of benzene rings is 2. The molecule has 2 heterocycles. The van der Waals surface area contributed by atoms with E-state index in [1.165, 1.54) is 5.56 Å². The highest BCUT2D eigenvalue weighted by molar-refractivity contribution is 5.39. The van der Waals surface area contributed by atoms with E-state index in [0.29, 0.717) is 6.54 Å². The van der Waals surface area contributed by atoms with Crippen LogP contribution in [-0.4, -0.2) is 26.4 Å². The van der Waals surface area contributed by atoms with Crippen molar-refractivity contribution in [2.45, 2.75) is 12.6 Å². The second-order valence-electron chi connectivity index (χ2n) is 6.57. The first kappa shape index (κ1) is 18.0. The summed E-state index contributed by atoms with van der Waals surface area (Å²) in [6.07, 6.45) is 7.49. The van der Waals surface area contributed by atoms with E-state index in [2.05, 4.69) is 45.7 Å². The maximum Gasteiger partial charge on any atom is 0.130 e. The minimum atomic E-state index is -0.0815. The van der Waals surface area contributed by atoms with Gasteiger partial charge in [-0.25, -0.2) is 9.67 Å². The Morgan fingerprint density at radius 2 is 1.82 bits per heavy atom. The van der Waals surface area contributed by atoms with Gasteiger partial charge in [0.2, 0.25) is 0 Å². The van der Waals surface area contributed by atoms with E-state index in [1.54, 1.807) is 13.3 Å². The zero-order valence-corrected chi connectivity index (χ0v) is 16.0. The summed E-state index contributed by atoms with van der Waals surface area (Å²) in [7, 11) is 3.70. The zero-order chi connectivity index (χ0) is 19.3. The van der Waals surface area contributed by atoms with Gasteiger partial charge < -0.3 is 9.30 Å². The first-order valence-electron chi connectivity index (χ1n) is 9.19. The summed E-state index contributed by atoms with van der Waals surface area (Å²) in [5.74, 6) is 1.79. The number of ether oxygens (including phenoxy) is 1. The number of methoxy groups -OCH3 is 1. The molecule has 0 spiro atoms. The van der Waals surface area contributed by atoms with E-state index < -0.39 is 0 Å². The topological polar surface area (TPSA) is 56.9 Å². The summed E-state index contributed by atoms with van der Waals surface area (Å²) >= 11 is 0. The second-order valence-corrected chi connectivity index (χ2v) is 6.57. The summed E-state index contributed by atoms with van der Waals surface area (Å²) in [5, 5.41) is 7.91. The van der Waals surface area contributed by atoms with Crippen LogP contribution < -0.4 is 10.1 Å². The summed E-state index contributed by atoms with van der Waals surface area (Å²) in [4.78, 5) is 4.56. The standard InChI is InChI=1S/C22H23N5O/c1-26-15-13-23-22(26)21(19-6-3-4-7-20(19)28-2)24-16-17-8-10-18(11-9-17)27-14-5-12-25-27/h3-15,21,24H,16H2,1-2H3. The first-order chi connectivity index (χ1) is 13.8. The van der Waals surface area contributed by atoms with Crippen molar-refractivity contribution in [1.29, 1.82) is 0 Å². The largest absolute Gasteiger partial charge is 0.496 e. The maximum absolute atomic E-state index is 5.59. The van der Waals surface area contributed by atoms with E-state index in [-0.39, 0.29) is 6.04 Å². The number of imidazole rings is 1. The van der Waals surface area contributed by atoms with Gasteiger partial charge in [0.15, 0.2) is 0 Å². The van der Waals surface area contributed by atoms with Crippen LogP contribution in [0.4, 0.5) is 0 Å². The van der Waals surface area contributed by atoms with E-state index in [1.807, 2.05) is 59.2 Å². The van der Waals surface area contributed by atoms with Gasteiger partial charge in [0.25, 0.3) is 0 Å². The SMILES string of the molecule is COc1ccccc1C(NCc1ccc(-n2cccn2)cc1)c1nccn1C. The molecule has 1 N–H and O–H groups in total. The van der Waals surface area contributed by atoms with Crippen LogP contribution in [0.2, 0.25) is 0 Å². The van der Waals surface area contributed by atoms with Crippen LogP contribution >= 0.6 is 0 Å². The molecule has 6 nitrogen and oxygen atoms in total. The molecular formula is C22H23N5O. The van der Waals surface area contributed by atoms with Crippen molar-refractivity contribution >= 4 is 0 Å². The lowest BCUT2D eigenvalue weighted by Gasteiger charge is -2.21. The maximum atomic E-state index is 5.59. The van der Waals surface area contributed by atoms with Gasteiger partial charge >= 0.3 is 0 Å². The lowest BCUT2D eigenvalue weighted by Crippen LogP contribution is -2.25. The van der Waals surface area contributed by atoms with Gasteiger partial charge in [0, 0.05) is 43.9 Å². The number of rotatable bonds is 7. The fourth-order valence-electron chi connectivity index (χ4n) is 3.31. The van der Waals surface area contributed by atoms with Crippen molar-refractivity contribution in [2.24, 2.45) is 7.05 Å². The molecule has 0 aliphatic rings. The summed E-state index contributed by atoms with van der Waals surface area (Å²) < 4.78 is 9.47. The molecule has 0 aliphatic carbocycles. The quantitative estimate of drug-likeness (QED) is 0.539.